The summed E-state index contributed by atoms with van der Waals surface area (Å²) in [5.74, 6) is 0. The SMILES string of the molecule is Cc1nn(C)c2ncc([N+](=O)[O-])c(Cl)c12. The average molecular weight is 227 g/mol. The van der Waals surface area contributed by atoms with Gasteiger partial charge in [-0.05, 0) is 6.92 Å². The van der Waals surface area contributed by atoms with Gasteiger partial charge in [0.25, 0.3) is 0 Å². The Bertz CT molecular complexity index is 563. The highest BCUT2D eigenvalue weighted by atomic mass is 35.5. The van der Waals surface area contributed by atoms with Gasteiger partial charge in [-0.2, -0.15) is 5.10 Å². The zero-order chi connectivity index (χ0) is 11.2. The Morgan fingerprint density at radius 3 is 2.87 bits per heavy atom. The number of nitrogens with zero attached hydrogens (tertiary/aromatic N) is 4. The van der Waals surface area contributed by atoms with Crippen LogP contribution in [-0.4, -0.2) is 19.7 Å². The van der Waals surface area contributed by atoms with E-state index in [0.29, 0.717) is 16.7 Å². The number of aryl methyl sites for hydroxylation is 2. The first-order valence-corrected chi connectivity index (χ1v) is 4.52. The molecule has 0 saturated heterocycles. The molecule has 0 atom stereocenters. The highest BCUT2D eigenvalue weighted by Crippen LogP contribution is 2.32. The van der Waals surface area contributed by atoms with Crippen LogP contribution in [0.4, 0.5) is 5.69 Å². The standard InChI is InChI=1S/C8H7ClN4O2/c1-4-6-7(9)5(13(14)15)3-10-8(6)12(2)11-4/h3H,1-2H3. The van der Waals surface area contributed by atoms with Crippen LogP contribution in [0.5, 0.6) is 0 Å². The molecule has 0 aliphatic rings. The molecule has 2 rings (SSSR count). The van der Waals surface area contributed by atoms with Crippen LogP contribution in [0.1, 0.15) is 5.69 Å². The van der Waals surface area contributed by atoms with Crippen LogP contribution in [-0.2, 0) is 7.05 Å². The first kappa shape index (κ1) is 9.85. The maximum atomic E-state index is 10.6. The number of rotatable bonds is 1. The third kappa shape index (κ3) is 1.33. The Balaban J connectivity index is 2.89. The van der Waals surface area contributed by atoms with Crippen molar-refractivity contribution in [2.75, 3.05) is 0 Å². The van der Waals surface area contributed by atoms with Crippen molar-refractivity contribution in [2.45, 2.75) is 6.92 Å². The van der Waals surface area contributed by atoms with Crippen molar-refractivity contribution in [1.29, 1.82) is 0 Å². The van der Waals surface area contributed by atoms with Gasteiger partial charge < -0.3 is 0 Å². The fraction of sp³-hybridized carbons (Fsp3) is 0.250. The average Bonchev–Trinajstić information content (AvgIpc) is 2.43. The van der Waals surface area contributed by atoms with Gasteiger partial charge in [0.1, 0.15) is 11.2 Å². The largest absolute Gasteiger partial charge is 0.306 e. The molecular weight excluding hydrogens is 220 g/mol. The normalized spacial score (nSPS) is 10.9. The number of halogens is 1. The molecule has 0 bridgehead atoms. The molecular formula is C8H7ClN4O2. The summed E-state index contributed by atoms with van der Waals surface area (Å²) in [7, 11) is 1.71. The summed E-state index contributed by atoms with van der Waals surface area (Å²) in [6.45, 7) is 1.74. The fourth-order valence-corrected chi connectivity index (χ4v) is 1.82. The molecule has 2 aromatic heterocycles. The van der Waals surface area contributed by atoms with E-state index < -0.39 is 4.92 Å². The predicted molar refractivity (Wildman–Crippen MR) is 54.9 cm³/mol. The van der Waals surface area contributed by atoms with Crippen LogP contribution in [0.15, 0.2) is 6.20 Å². The quantitative estimate of drug-likeness (QED) is 0.549. The van der Waals surface area contributed by atoms with Crippen LogP contribution in [0.3, 0.4) is 0 Å². The second-order valence-electron chi connectivity index (χ2n) is 3.12. The molecule has 0 saturated carbocycles. The molecule has 2 heterocycles. The number of nitro groups is 1. The van der Waals surface area contributed by atoms with Gasteiger partial charge in [-0.3, -0.25) is 14.8 Å². The summed E-state index contributed by atoms with van der Waals surface area (Å²) in [5.41, 5.74) is 0.983. The fourth-order valence-electron chi connectivity index (χ4n) is 1.49. The lowest BCUT2D eigenvalue weighted by atomic mass is 10.2. The molecule has 0 amide bonds. The van der Waals surface area contributed by atoms with E-state index in [1.807, 2.05) is 0 Å². The second-order valence-corrected chi connectivity index (χ2v) is 3.50. The Kier molecular flexibility index (Phi) is 2.08. The predicted octanol–water partition coefficient (Wildman–Crippen LogP) is 1.84. The van der Waals surface area contributed by atoms with Crippen LogP contribution in [0.25, 0.3) is 11.0 Å². The Morgan fingerprint density at radius 2 is 2.27 bits per heavy atom. The minimum Gasteiger partial charge on any atom is -0.258 e. The summed E-state index contributed by atoms with van der Waals surface area (Å²) >= 11 is 5.92. The number of aromatic nitrogens is 3. The van der Waals surface area contributed by atoms with Gasteiger partial charge in [0, 0.05) is 7.05 Å². The highest BCUT2D eigenvalue weighted by Gasteiger charge is 2.20. The van der Waals surface area contributed by atoms with Crippen LogP contribution < -0.4 is 0 Å². The molecule has 2 aromatic rings. The number of hydrogen-bond donors (Lipinski definition) is 0. The van der Waals surface area contributed by atoms with Crippen molar-refractivity contribution in [2.24, 2.45) is 7.05 Å². The smallest absolute Gasteiger partial charge is 0.258 e. The number of hydrogen-bond acceptors (Lipinski definition) is 4. The van der Waals surface area contributed by atoms with Crippen LogP contribution in [0, 0.1) is 17.0 Å². The Labute approximate surface area is 89.6 Å². The van der Waals surface area contributed by atoms with Gasteiger partial charge in [-0.25, -0.2) is 4.98 Å². The molecule has 0 fully saturated rings. The summed E-state index contributed by atoms with van der Waals surface area (Å²) in [6, 6.07) is 0. The van der Waals surface area contributed by atoms with Gasteiger partial charge in [0.05, 0.1) is 16.0 Å². The molecule has 7 heteroatoms. The van der Waals surface area contributed by atoms with Crippen molar-refractivity contribution in [3.8, 4) is 0 Å². The van der Waals surface area contributed by atoms with Crippen molar-refractivity contribution in [3.05, 3.63) is 27.0 Å². The molecule has 0 aromatic carbocycles. The third-order valence-electron chi connectivity index (χ3n) is 2.14. The Hall–Kier alpha value is -1.69. The molecule has 78 valence electrons. The highest BCUT2D eigenvalue weighted by molar-refractivity contribution is 6.37. The first-order valence-electron chi connectivity index (χ1n) is 4.14. The maximum Gasteiger partial charge on any atom is 0.306 e. The van der Waals surface area contributed by atoms with E-state index in [-0.39, 0.29) is 10.7 Å². The van der Waals surface area contributed by atoms with E-state index in [1.165, 1.54) is 0 Å². The van der Waals surface area contributed by atoms with E-state index in [0.717, 1.165) is 6.20 Å². The molecule has 15 heavy (non-hydrogen) atoms. The zero-order valence-electron chi connectivity index (χ0n) is 8.06. The van der Waals surface area contributed by atoms with Gasteiger partial charge in [-0.15, -0.1) is 0 Å². The lowest BCUT2D eigenvalue weighted by Crippen LogP contribution is -1.94. The minimum atomic E-state index is -0.554. The van der Waals surface area contributed by atoms with E-state index >= 15 is 0 Å². The lowest BCUT2D eigenvalue weighted by molar-refractivity contribution is -0.384. The Morgan fingerprint density at radius 1 is 1.60 bits per heavy atom. The monoisotopic (exact) mass is 226 g/mol. The summed E-state index contributed by atoms with van der Waals surface area (Å²) in [4.78, 5) is 14.0. The lowest BCUT2D eigenvalue weighted by Gasteiger charge is -1.97. The van der Waals surface area contributed by atoms with Crippen molar-refractivity contribution in [3.63, 3.8) is 0 Å². The summed E-state index contributed by atoms with van der Waals surface area (Å²) < 4.78 is 1.54. The van der Waals surface area contributed by atoms with E-state index in [2.05, 4.69) is 10.1 Å². The van der Waals surface area contributed by atoms with Crippen molar-refractivity contribution in [1.82, 2.24) is 14.8 Å². The van der Waals surface area contributed by atoms with E-state index in [4.69, 9.17) is 11.6 Å². The van der Waals surface area contributed by atoms with Crippen LogP contribution >= 0.6 is 11.6 Å². The number of fused-ring (bicyclic) bond motifs is 1. The maximum absolute atomic E-state index is 10.6. The summed E-state index contributed by atoms with van der Waals surface area (Å²) in [6.07, 6.45) is 1.14. The molecule has 6 nitrogen and oxygen atoms in total. The van der Waals surface area contributed by atoms with Crippen molar-refractivity contribution >= 4 is 28.3 Å². The molecule has 0 aliphatic carbocycles. The van der Waals surface area contributed by atoms with Crippen molar-refractivity contribution < 1.29 is 4.92 Å². The minimum absolute atomic E-state index is 0.0931. The molecule has 0 spiro atoms. The topological polar surface area (TPSA) is 73.8 Å². The number of pyridine rings is 1. The first-order chi connectivity index (χ1) is 7.02. The van der Waals surface area contributed by atoms with Gasteiger partial charge >= 0.3 is 5.69 Å². The van der Waals surface area contributed by atoms with Crippen LogP contribution in [0.2, 0.25) is 5.02 Å². The molecule has 0 unspecified atom stereocenters. The molecule has 0 radical (unpaired) electrons. The van der Waals surface area contributed by atoms with Gasteiger partial charge in [0.15, 0.2) is 5.65 Å². The third-order valence-corrected chi connectivity index (χ3v) is 2.52. The zero-order valence-corrected chi connectivity index (χ0v) is 8.82. The second kappa shape index (κ2) is 3.16. The van der Waals surface area contributed by atoms with Gasteiger partial charge in [0.2, 0.25) is 0 Å². The summed E-state index contributed by atoms with van der Waals surface area (Å²) in [5, 5.41) is 15.4. The van der Waals surface area contributed by atoms with E-state index in [1.54, 1.807) is 18.7 Å². The van der Waals surface area contributed by atoms with E-state index in [9.17, 15) is 10.1 Å². The molecule has 0 aliphatic heterocycles. The molecule has 0 N–H and O–H groups in total. The van der Waals surface area contributed by atoms with Gasteiger partial charge in [-0.1, -0.05) is 11.6 Å².